The number of pyridine rings is 1. The number of aromatic nitrogens is 5. The molecule has 0 N–H and O–H groups in total. The SMILES string of the molecule is FC(F)(F)c1cc(N2CCCC(n3ccc(C(F)(F)F)n3)C2)nc(-c2ccccn2)n1. The average molecular weight is 442 g/mol. The summed E-state index contributed by atoms with van der Waals surface area (Å²) in [5, 5.41) is 3.60. The van der Waals surface area contributed by atoms with E-state index in [1.54, 1.807) is 17.0 Å². The fraction of sp³-hybridized carbons (Fsp3) is 0.368. The largest absolute Gasteiger partial charge is 0.435 e. The van der Waals surface area contributed by atoms with Crippen molar-refractivity contribution in [3.05, 3.63) is 54.1 Å². The lowest BCUT2D eigenvalue weighted by molar-refractivity contribution is -0.142. The zero-order valence-electron chi connectivity index (χ0n) is 15.9. The molecule has 164 valence electrons. The molecule has 4 heterocycles. The minimum atomic E-state index is -4.69. The van der Waals surface area contributed by atoms with Crippen molar-refractivity contribution in [3.8, 4) is 11.5 Å². The molecule has 1 unspecified atom stereocenters. The van der Waals surface area contributed by atoms with Crippen LogP contribution in [0, 0.1) is 0 Å². The van der Waals surface area contributed by atoms with Crippen LogP contribution >= 0.6 is 0 Å². The molecule has 1 atom stereocenters. The van der Waals surface area contributed by atoms with Gasteiger partial charge in [-0.2, -0.15) is 31.4 Å². The van der Waals surface area contributed by atoms with Gasteiger partial charge >= 0.3 is 12.4 Å². The van der Waals surface area contributed by atoms with Crippen LogP contribution in [0.15, 0.2) is 42.7 Å². The molecule has 4 rings (SSSR count). The monoisotopic (exact) mass is 442 g/mol. The van der Waals surface area contributed by atoms with E-state index in [4.69, 9.17) is 0 Å². The summed E-state index contributed by atoms with van der Waals surface area (Å²) in [6, 6.07) is 6.02. The molecule has 31 heavy (non-hydrogen) atoms. The second-order valence-electron chi connectivity index (χ2n) is 7.07. The van der Waals surface area contributed by atoms with Crippen molar-refractivity contribution in [2.45, 2.75) is 31.2 Å². The normalized spacial score (nSPS) is 17.7. The zero-order chi connectivity index (χ0) is 22.2. The third-order valence-corrected chi connectivity index (χ3v) is 4.89. The summed E-state index contributed by atoms with van der Waals surface area (Å²) in [5.41, 5.74) is -1.94. The molecule has 0 radical (unpaired) electrons. The fourth-order valence-electron chi connectivity index (χ4n) is 3.42. The summed E-state index contributed by atoms with van der Waals surface area (Å²) in [4.78, 5) is 13.5. The molecular formula is C19H16F6N6. The van der Waals surface area contributed by atoms with Gasteiger partial charge in [0.2, 0.25) is 0 Å². The molecule has 6 nitrogen and oxygen atoms in total. The second kappa shape index (κ2) is 7.82. The second-order valence-corrected chi connectivity index (χ2v) is 7.07. The van der Waals surface area contributed by atoms with Crippen molar-refractivity contribution >= 4 is 5.82 Å². The maximum atomic E-state index is 13.4. The molecule has 0 bridgehead atoms. The highest BCUT2D eigenvalue weighted by Crippen LogP contribution is 2.34. The molecule has 3 aromatic heterocycles. The lowest BCUT2D eigenvalue weighted by atomic mass is 10.1. The third-order valence-electron chi connectivity index (χ3n) is 4.89. The van der Waals surface area contributed by atoms with E-state index < -0.39 is 29.8 Å². The van der Waals surface area contributed by atoms with Crippen LogP contribution < -0.4 is 4.90 Å². The van der Waals surface area contributed by atoms with E-state index >= 15 is 0 Å². The van der Waals surface area contributed by atoms with Gasteiger partial charge in [0.15, 0.2) is 17.2 Å². The van der Waals surface area contributed by atoms with Crippen LogP contribution in [-0.4, -0.2) is 37.8 Å². The van der Waals surface area contributed by atoms with Gasteiger partial charge in [-0.1, -0.05) is 6.07 Å². The van der Waals surface area contributed by atoms with E-state index in [1.807, 2.05) is 0 Å². The Balaban J connectivity index is 1.66. The van der Waals surface area contributed by atoms with E-state index in [2.05, 4.69) is 20.1 Å². The molecule has 3 aromatic rings. The Morgan fingerprint density at radius 3 is 2.35 bits per heavy atom. The van der Waals surface area contributed by atoms with E-state index in [-0.39, 0.29) is 23.9 Å². The van der Waals surface area contributed by atoms with Gasteiger partial charge in [0.05, 0.1) is 6.04 Å². The molecule has 12 heteroatoms. The first kappa shape index (κ1) is 21.1. The van der Waals surface area contributed by atoms with Gasteiger partial charge in [0, 0.05) is 31.5 Å². The first-order valence-corrected chi connectivity index (χ1v) is 9.36. The number of nitrogens with zero attached hydrogens (tertiary/aromatic N) is 6. The molecule has 0 spiro atoms. The zero-order valence-corrected chi connectivity index (χ0v) is 15.9. The fourth-order valence-corrected chi connectivity index (χ4v) is 3.42. The number of anilines is 1. The summed E-state index contributed by atoms with van der Waals surface area (Å²) >= 11 is 0. The molecule has 0 aliphatic carbocycles. The van der Waals surface area contributed by atoms with Crippen LogP contribution in [0.5, 0.6) is 0 Å². The van der Waals surface area contributed by atoms with Gasteiger partial charge < -0.3 is 4.90 Å². The Kier molecular flexibility index (Phi) is 5.31. The first-order chi connectivity index (χ1) is 14.6. The van der Waals surface area contributed by atoms with Crippen molar-refractivity contribution in [3.63, 3.8) is 0 Å². The predicted octanol–water partition coefficient (Wildman–Crippen LogP) is 4.61. The number of rotatable bonds is 3. The third kappa shape index (κ3) is 4.62. The molecule has 1 aliphatic rings. The van der Waals surface area contributed by atoms with Crippen molar-refractivity contribution in [1.29, 1.82) is 0 Å². The van der Waals surface area contributed by atoms with Gasteiger partial charge in [0.25, 0.3) is 0 Å². The Morgan fingerprint density at radius 1 is 0.935 bits per heavy atom. The molecular weight excluding hydrogens is 426 g/mol. The Morgan fingerprint density at radius 2 is 1.71 bits per heavy atom. The van der Waals surface area contributed by atoms with Crippen LogP contribution in [0.25, 0.3) is 11.5 Å². The van der Waals surface area contributed by atoms with E-state index in [1.165, 1.54) is 23.1 Å². The Hall–Kier alpha value is -3.18. The van der Waals surface area contributed by atoms with Crippen LogP contribution in [0.1, 0.15) is 30.3 Å². The number of alkyl halides is 6. The van der Waals surface area contributed by atoms with Crippen molar-refractivity contribution < 1.29 is 26.3 Å². The summed E-state index contributed by atoms with van der Waals surface area (Å²) in [6.45, 7) is 0.564. The summed E-state index contributed by atoms with van der Waals surface area (Å²) in [7, 11) is 0. The number of hydrogen-bond acceptors (Lipinski definition) is 5. The van der Waals surface area contributed by atoms with Gasteiger partial charge in [0.1, 0.15) is 11.5 Å². The smallest absolute Gasteiger partial charge is 0.354 e. The minimum absolute atomic E-state index is 0.0379. The molecule has 1 fully saturated rings. The van der Waals surface area contributed by atoms with Crippen LogP contribution in [0.3, 0.4) is 0 Å². The molecule has 1 saturated heterocycles. The van der Waals surface area contributed by atoms with Crippen LogP contribution in [0.4, 0.5) is 32.2 Å². The highest BCUT2D eigenvalue weighted by molar-refractivity contribution is 5.54. The van der Waals surface area contributed by atoms with Crippen LogP contribution in [-0.2, 0) is 12.4 Å². The van der Waals surface area contributed by atoms with Crippen molar-refractivity contribution in [1.82, 2.24) is 24.7 Å². The molecule has 0 amide bonds. The highest BCUT2D eigenvalue weighted by Gasteiger charge is 2.36. The lowest BCUT2D eigenvalue weighted by Gasteiger charge is -2.34. The predicted molar refractivity (Wildman–Crippen MR) is 98.0 cm³/mol. The molecule has 0 saturated carbocycles. The highest BCUT2D eigenvalue weighted by atomic mass is 19.4. The molecule has 0 aromatic carbocycles. The topological polar surface area (TPSA) is 59.7 Å². The summed E-state index contributed by atoms with van der Waals surface area (Å²) < 4.78 is 80.1. The van der Waals surface area contributed by atoms with E-state index in [9.17, 15) is 26.3 Å². The lowest BCUT2D eigenvalue weighted by Crippen LogP contribution is -2.37. The number of piperidine rings is 1. The van der Waals surface area contributed by atoms with Gasteiger partial charge in [-0.3, -0.25) is 9.67 Å². The van der Waals surface area contributed by atoms with E-state index in [0.717, 1.165) is 12.1 Å². The number of hydrogen-bond donors (Lipinski definition) is 0. The Labute approximate surface area is 172 Å². The number of halogens is 6. The minimum Gasteiger partial charge on any atom is -0.354 e. The van der Waals surface area contributed by atoms with Crippen LogP contribution in [0.2, 0.25) is 0 Å². The quantitative estimate of drug-likeness (QED) is 0.555. The molecule has 1 aliphatic heterocycles. The van der Waals surface area contributed by atoms with E-state index in [0.29, 0.717) is 19.4 Å². The average Bonchev–Trinajstić information content (AvgIpc) is 3.25. The maximum Gasteiger partial charge on any atom is 0.435 e. The maximum absolute atomic E-state index is 13.4. The standard InChI is InChI=1S/C19H16F6N6/c20-18(21,22)14-6-9-31(29-14)12-4-3-8-30(11-12)16-10-15(19(23,24)25)27-17(28-16)13-5-1-2-7-26-13/h1-2,5-7,9-10,12H,3-4,8,11H2. The van der Waals surface area contributed by atoms with Gasteiger partial charge in [-0.05, 0) is 31.0 Å². The summed E-state index contributed by atoms with van der Waals surface area (Å²) in [5.74, 6) is -0.137. The van der Waals surface area contributed by atoms with Crippen molar-refractivity contribution in [2.24, 2.45) is 0 Å². The van der Waals surface area contributed by atoms with Crippen molar-refractivity contribution in [2.75, 3.05) is 18.0 Å². The summed E-state index contributed by atoms with van der Waals surface area (Å²) in [6.07, 6.45) is -5.51. The van der Waals surface area contributed by atoms with Gasteiger partial charge in [-0.15, -0.1) is 0 Å². The first-order valence-electron chi connectivity index (χ1n) is 9.36. The Bertz CT molecular complexity index is 1050. The van der Waals surface area contributed by atoms with Gasteiger partial charge in [-0.25, -0.2) is 9.97 Å².